The highest BCUT2D eigenvalue weighted by molar-refractivity contribution is 7.80. The van der Waals surface area contributed by atoms with Crippen LogP contribution in [0.4, 0.5) is 5.69 Å². The first-order valence-corrected chi connectivity index (χ1v) is 7.97. The quantitative estimate of drug-likeness (QED) is 0.522. The highest BCUT2D eigenvalue weighted by Gasteiger charge is 2.12. The van der Waals surface area contributed by atoms with Gasteiger partial charge in [-0.25, -0.2) is 4.79 Å². The van der Waals surface area contributed by atoms with E-state index in [-0.39, 0.29) is 16.7 Å². The van der Waals surface area contributed by atoms with Crippen molar-refractivity contribution < 1.29 is 14.3 Å². The third-order valence-corrected chi connectivity index (χ3v) is 3.85. The summed E-state index contributed by atoms with van der Waals surface area (Å²) in [6, 6.07) is 9.99. The zero-order valence-electron chi connectivity index (χ0n) is 14.0. The van der Waals surface area contributed by atoms with Crippen LogP contribution in [0.15, 0.2) is 41.2 Å². The predicted octanol–water partition coefficient (Wildman–Crippen LogP) is 2.00. The second kappa shape index (κ2) is 7.28. The first-order chi connectivity index (χ1) is 12.5. The lowest BCUT2D eigenvalue weighted by molar-refractivity contribution is 0.0977. The van der Waals surface area contributed by atoms with Gasteiger partial charge in [0.2, 0.25) is 0 Å². The molecule has 2 aromatic carbocycles. The molecule has 8 nitrogen and oxygen atoms in total. The fraction of sp³-hybridized carbons (Fsp3) is 0.118. The minimum atomic E-state index is -0.389. The molecule has 0 saturated carbocycles. The van der Waals surface area contributed by atoms with Crippen molar-refractivity contribution in [1.82, 2.24) is 15.3 Å². The molecule has 3 aromatic rings. The maximum absolute atomic E-state index is 12.3. The second-order valence-corrected chi connectivity index (χ2v) is 5.73. The van der Waals surface area contributed by atoms with Gasteiger partial charge in [0.15, 0.2) is 16.6 Å². The Kier molecular flexibility index (Phi) is 4.90. The summed E-state index contributed by atoms with van der Waals surface area (Å²) in [7, 11) is 3.01. The number of methoxy groups -OCH3 is 2. The number of hydrogen-bond donors (Lipinski definition) is 4. The van der Waals surface area contributed by atoms with Crippen molar-refractivity contribution >= 4 is 40.0 Å². The highest BCUT2D eigenvalue weighted by atomic mass is 32.1. The first-order valence-electron chi connectivity index (χ1n) is 7.56. The monoisotopic (exact) mass is 372 g/mol. The lowest BCUT2D eigenvalue weighted by Gasteiger charge is -2.11. The molecular formula is C17H16N4O4S. The molecule has 134 valence electrons. The van der Waals surface area contributed by atoms with Crippen LogP contribution in [0.5, 0.6) is 11.5 Å². The highest BCUT2D eigenvalue weighted by Crippen LogP contribution is 2.27. The number of anilines is 1. The zero-order valence-corrected chi connectivity index (χ0v) is 14.8. The molecule has 1 aromatic heterocycles. The van der Waals surface area contributed by atoms with Gasteiger partial charge >= 0.3 is 5.69 Å². The molecular weight excluding hydrogens is 356 g/mol. The number of amides is 1. The Hall–Kier alpha value is -3.33. The Bertz CT molecular complexity index is 1040. The molecule has 9 heteroatoms. The number of carbonyl (C=O) groups excluding carboxylic acids is 1. The maximum Gasteiger partial charge on any atom is 0.323 e. The van der Waals surface area contributed by atoms with E-state index in [2.05, 4.69) is 20.6 Å². The summed E-state index contributed by atoms with van der Waals surface area (Å²) in [5, 5.41) is 5.62. The van der Waals surface area contributed by atoms with Crippen molar-refractivity contribution in [2.45, 2.75) is 0 Å². The van der Waals surface area contributed by atoms with E-state index in [0.29, 0.717) is 33.8 Å². The average molecular weight is 372 g/mol. The summed E-state index contributed by atoms with van der Waals surface area (Å²) < 4.78 is 10.3. The number of rotatable bonds is 4. The van der Waals surface area contributed by atoms with Crippen LogP contribution in [0.2, 0.25) is 0 Å². The van der Waals surface area contributed by atoms with Gasteiger partial charge in [0.05, 0.1) is 25.3 Å². The summed E-state index contributed by atoms with van der Waals surface area (Å²) in [6.45, 7) is 0. The SMILES string of the molecule is COc1ccc(C(=O)NC(=S)Nc2ccc3[nH]c(=O)[nH]c3c2)cc1OC. The molecule has 4 N–H and O–H groups in total. The van der Waals surface area contributed by atoms with Gasteiger partial charge < -0.3 is 24.8 Å². The van der Waals surface area contributed by atoms with Gasteiger partial charge in [-0.2, -0.15) is 0 Å². The van der Waals surface area contributed by atoms with E-state index in [1.54, 1.807) is 36.4 Å². The molecule has 0 aliphatic heterocycles. The topological polar surface area (TPSA) is 108 Å². The number of aromatic amines is 2. The third-order valence-electron chi connectivity index (χ3n) is 3.65. The minimum absolute atomic E-state index is 0.127. The molecule has 0 saturated heterocycles. The minimum Gasteiger partial charge on any atom is -0.493 e. The lowest BCUT2D eigenvalue weighted by Crippen LogP contribution is -2.34. The van der Waals surface area contributed by atoms with Crippen LogP contribution in [0.1, 0.15) is 10.4 Å². The molecule has 26 heavy (non-hydrogen) atoms. The van der Waals surface area contributed by atoms with Crippen molar-refractivity contribution in [2.24, 2.45) is 0 Å². The molecule has 0 radical (unpaired) electrons. The summed E-state index contributed by atoms with van der Waals surface area (Å²) in [5.41, 5.74) is 2.03. The number of nitrogens with one attached hydrogen (secondary N) is 4. The summed E-state index contributed by atoms with van der Waals surface area (Å²) in [4.78, 5) is 28.9. The molecule has 0 bridgehead atoms. The maximum atomic E-state index is 12.3. The smallest absolute Gasteiger partial charge is 0.323 e. The molecule has 0 fully saturated rings. The number of thiocarbonyl (C=S) groups is 1. The van der Waals surface area contributed by atoms with E-state index < -0.39 is 0 Å². The van der Waals surface area contributed by atoms with E-state index in [9.17, 15) is 9.59 Å². The van der Waals surface area contributed by atoms with Crippen molar-refractivity contribution in [2.75, 3.05) is 19.5 Å². The Balaban J connectivity index is 1.70. The standard InChI is InChI=1S/C17H16N4O4S/c1-24-13-6-3-9(7-14(13)25-2)15(22)21-17(26)18-10-4-5-11-12(8-10)20-16(23)19-11/h3-8H,1-2H3,(H2,19,20,23)(H2,18,21,22,26). The van der Waals surface area contributed by atoms with Crippen molar-refractivity contribution in [3.8, 4) is 11.5 Å². The third kappa shape index (κ3) is 3.67. The number of fused-ring (bicyclic) bond motifs is 1. The van der Waals surface area contributed by atoms with Crippen molar-refractivity contribution in [1.29, 1.82) is 0 Å². The molecule has 0 unspecified atom stereocenters. The van der Waals surface area contributed by atoms with E-state index in [4.69, 9.17) is 21.7 Å². The summed E-state index contributed by atoms with van der Waals surface area (Å²) in [5.74, 6) is 0.582. The van der Waals surface area contributed by atoms with Crippen LogP contribution >= 0.6 is 12.2 Å². The summed E-state index contributed by atoms with van der Waals surface area (Å²) in [6.07, 6.45) is 0. The summed E-state index contributed by atoms with van der Waals surface area (Å²) >= 11 is 5.17. The van der Waals surface area contributed by atoms with Crippen LogP contribution < -0.4 is 25.8 Å². The number of ether oxygens (including phenoxy) is 2. The fourth-order valence-electron chi connectivity index (χ4n) is 2.43. The zero-order chi connectivity index (χ0) is 18.7. The van der Waals surface area contributed by atoms with Crippen LogP contribution in [0.3, 0.4) is 0 Å². The Morgan fingerprint density at radius 1 is 1.00 bits per heavy atom. The van der Waals surface area contributed by atoms with E-state index in [1.807, 2.05) is 0 Å². The second-order valence-electron chi connectivity index (χ2n) is 5.32. The Morgan fingerprint density at radius 3 is 2.46 bits per heavy atom. The van der Waals surface area contributed by atoms with E-state index in [1.165, 1.54) is 14.2 Å². The molecule has 0 atom stereocenters. The van der Waals surface area contributed by atoms with Gasteiger partial charge in [0, 0.05) is 11.3 Å². The van der Waals surface area contributed by atoms with Crippen LogP contribution in [-0.2, 0) is 0 Å². The van der Waals surface area contributed by atoms with Gasteiger partial charge in [-0.05, 0) is 48.6 Å². The molecule has 3 rings (SSSR count). The number of H-pyrrole nitrogens is 2. The number of hydrogen-bond acceptors (Lipinski definition) is 5. The van der Waals surface area contributed by atoms with Crippen LogP contribution in [-0.4, -0.2) is 35.2 Å². The molecule has 0 spiro atoms. The molecule has 1 heterocycles. The number of imidazole rings is 1. The predicted molar refractivity (Wildman–Crippen MR) is 102 cm³/mol. The Labute approximate surface area is 153 Å². The lowest BCUT2D eigenvalue weighted by atomic mass is 10.2. The Morgan fingerprint density at radius 2 is 1.73 bits per heavy atom. The van der Waals surface area contributed by atoms with Gasteiger partial charge in [0.25, 0.3) is 5.91 Å². The normalized spacial score (nSPS) is 10.4. The number of carbonyl (C=O) groups is 1. The number of aromatic nitrogens is 2. The van der Waals surface area contributed by atoms with Gasteiger partial charge in [-0.3, -0.25) is 10.1 Å². The van der Waals surface area contributed by atoms with E-state index in [0.717, 1.165) is 0 Å². The molecule has 1 amide bonds. The molecule has 0 aliphatic rings. The van der Waals surface area contributed by atoms with Gasteiger partial charge in [-0.15, -0.1) is 0 Å². The first kappa shape index (κ1) is 17.5. The van der Waals surface area contributed by atoms with Crippen LogP contribution in [0, 0.1) is 0 Å². The van der Waals surface area contributed by atoms with Crippen molar-refractivity contribution in [3.05, 3.63) is 52.4 Å². The molecule has 0 aliphatic carbocycles. The van der Waals surface area contributed by atoms with Crippen molar-refractivity contribution in [3.63, 3.8) is 0 Å². The number of benzene rings is 2. The van der Waals surface area contributed by atoms with E-state index >= 15 is 0 Å². The van der Waals surface area contributed by atoms with Crippen LogP contribution in [0.25, 0.3) is 11.0 Å². The van der Waals surface area contributed by atoms with Gasteiger partial charge in [-0.1, -0.05) is 0 Å². The fourth-order valence-corrected chi connectivity index (χ4v) is 2.64. The average Bonchev–Trinajstić information content (AvgIpc) is 3.00. The largest absolute Gasteiger partial charge is 0.493 e. The van der Waals surface area contributed by atoms with Gasteiger partial charge in [0.1, 0.15) is 0 Å².